The molecule has 9 heteroatoms. The number of allylic oxidation sites excluding steroid dienone is 1. The number of anilines is 2. The van der Waals surface area contributed by atoms with E-state index in [1.54, 1.807) is 60.7 Å². The first kappa shape index (κ1) is 28.8. The second-order valence-electron chi connectivity index (χ2n) is 9.99. The number of ketones is 1. The number of nitrogens with one attached hydrogen (secondary N) is 1. The van der Waals surface area contributed by atoms with Gasteiger partial charge in [0, 0.05) is 22.2 Å². The molecule has 1 amide bonds. The standard InChI is InChI=1S/C33H26F3N3O2S/c1-19(2)21-11-8-20(9-12-21)10-17-27(40)23-13-15-24(16-14-23)38-31(41)30-29(37)28-25(33(34,35)36)18-26(39-32(28)42-30)22-6-4-3-5-7-22/h3-19H,37H2,1-2H3,(H,38,41)/b17-10+. The number of rotatable bonds is 7. The highest BCUT2D eigenvalue weighted by Gasteiger charge is 2.36. The van der Waals surface area contributed by atoms with Gasteiger partial charge in [0.05, 0.1) is 16.9 Å². The molecular weight excluding hydrogens is 559 g/mol. The first-order valence-electron chi connectivity index (χ1n) is 13.1. The van der Waals surface area contributed by atoms with Crippen LogP contribution in [0.2, 0.25) is 0 Å². The number of alkyl halides is 3. The Morgan fingerprint density at radius 2 is 1.62 bits per heavy atom. The zero-order valence-corrected chi connectivity index (χ0v) is 23.5. The molecule has 5 rings (SSSR count). The number of hydrogen-bond donors (Lipinski definition) is 2. The van der Waals surface area contributed by atoms with Gasteiger partial charge in [-0.15, -0.1) is 11.3 Å². The van der Waals surface area contributed by atoms with Crippen molar-refractivity contribution in [1.82, 2.24) is 4.98 Å². The van der Waals surface area contributed by atoms with Gasteiger partial charge in [-0.3, -0.25) is 9.59 Å². The van der Waals surface area contributed by atoms with Crippen LogP contribution in [0, 0.1) is 0 Å². The quantitative estimate of drug-likeness (QED) is 0.148. The first-order valence-corrected chi connectivity index (χ1v) is 13.9. The maximum absolute atomic E-state index is 14.0. The smallest absolute Gasteiger partial charge is 0.397 e. The van der Waals surface area contributed by atoms with Gasteiger partial charge < -0.3 is 11.1 Å². The van der Waals surface area contributed by atoms with Gasteiger partial charge in [0.25, 0.3) is 5.91 Å². The number of aromatic nitrogens is 1. The van der Waals surface area contributed by atoms with Gasteiger partial charge in [-0.1, -0.05) is 74.5 Å². The fraction of sp³-hybridized carbons (Fsp3) is 0.121. The minimum absolute atomic E-state index is 0.0119. The first-order chi connectivity index (χ1) is 20.0. The van der Waals surface area contributed by atoms with Crippen LogP contribution in [-0.4, -0.2) is 16.7 Å². The summed E-state index contributed by atoms with van der Waals surface area (Å²) in [7, 11) is 0. The van der Waals surface area contributed by atoms with E-state index >= 15 is 0 Å². The molecule has 3 aromatic carbocycles. The lowest BCUT2D eigenvalue weighted by Gasteiger charge is -2.11. The number of fused-ring (bicyclic) bond motifs is 1. The van der Waals surface area contributed by atoms with Crippen molar-refractivity contribution in [2.45, 2.75) is 25.9 Å². The zero-order chi connectivity index (χ0) is 30.0. The molecule has 0 aliphatic heterocycles. The third-order valence-corrected chi connectivity index (χ3v) is 7.84. The van der Waals surface area contributed by atoms with E-state index in [1.807, 2.05) is 24.3 Å². The molecule has 0 aliphatic rings. The summed E-state index contributed by atoms with van der Waals surface area (Å²) in [5.41, 5.74) is 8.39. The number of carbonyl (C=O) groups excluding carboxylic acids is 2. The van der Waals surface area contributed by atoms with Crippen LogP contribution in [0.4, 0.5) is 24.5 Å². The van der Waals surface area contributed by atoms with Crippen molar-refractivity contribution in [3.8, 4) is 11.3 Å². The number of amides is 1. The lowest BCUT2D eigenvalue weighted by atomic mass is 10.0. The van der Waals surface area contributed by atoms with E-state index in [9.17, 15) is 22.8 Å². The van der Waals surface area contributed by atoms with Crippen LogP contribution in [0.3, 0.4) is 0 Å². The molecule has 0 saturated carbocycles. The predicted octanol–water partition coefficient (Wildman–Crippen LogP) is 8.84. The predicted molar refractivity (Wildman–Crippen MR) is 163 cm³/mol. The molecule has 42 heavy (non-hydrogen) atoms. The number of hydrogen-bond acceptors (Lipinski definition) is 5. The zero-order valence-electron chi connectivity index (χ0n) is 22.7. The van der Waals surface area contributed by atoms with E-state index < -0.39 is 17.6 Å². The van der Waals surface area contributed by atoms with Crippen molar-refractivity contribution in [2.24, 2.45) is 0 Å². The minimum atomic E-state index is -4.71. The molecule has 5 nitrogen and oxygen atoms in total. The molecule has 5 aromatic rings. The van der Waals surface area contributed by atoms with E-state index in [0.29, 0.717) is 22.7 Å². The molecule has 2 aromatic heterocycles. The minimum Gasteiger partial charge on any atom is -0.397 e. The number of benzene rings is 3. The number of nitrogens with two attached hydrogens (primary N) is 1. The summed E-state index contributed by atoms with van der Waals surface area (Å²) in [6.45, 7) is 4.22. The van der Waals surface area contributed by atoms with Gasteiger partial charge >= 0.3 is 6.18 Å². The Labute approximate surface area is 244 Å². The normalized spacial score (nSPS) is 11.9. The van der Waals surface area contributed by atoms with Crippen LogP contribution in [0.5, 0.6) is 0 Å². The summed E-state index contributed by atoms with van der Waals surface area (Å²) < 4.78 is 42.1. The van der Waals surface area contributed by atoms with Gasteiger partial charge in [0.15, 0.2) is 5.78 Å². The highest BCUT2D eigenvalue weighted by molar-refractivity contribution is 7.21. The van der Waals surface area contributed by atoms with Crippen molar-refractivity contribution < 1.29 is 22.8 Å². The third-order valence-electron chi connectivity index (χ3n) is 6.74. The van der Waals surface area contributed by atoms with Crippen molar-refractivity contribution in [1.29, 1.82) is 0 Å². The second-order valence-corrected chi connectivity index (χ2v) is 11.0. The van der Waals surface area contributed by atoms with E-state index in [4.69, 9.17) is 5.73 Å². The van der Waals surface area contributed by atoms with Crippen molar-refractivity contribution in [2.75, 3.05) is 11.1 Å². The summed E-state index contributed by atoms with van der Waals surface area (Å²) in [4.78, 5) is 30.1. The number of nitrogen functional groups attached to an aromatic ring is 1. The molecule has 0 radical (unpaired) electrons. The molecule has 0 aliphatic carbocycles. The highest BCUT2D eigenvalue weighted by atomic mass is 32.1. The highest BCUT2D eigenvalue weighted by Crippen LogP contribution is 2.43. The summed E-state index contributed by atoms with van der Waals surface area (Å²) >= 11 is 0.794. The van der Waals surface area contributed by atoms with Crippen LogP contribution >= 0.6 is 11.3 Å². The number of carbonyl (C=O) groups is 2. The van der Waals surface area contributed by atoms with Gasteiger partial charge in [0.2, 0.25) is 0 Å². The lowest BCUT2D eigenvalue weighted by molar-refractivity contribution is -0.136. The van der Waals surface area contributed by atoms with E-state index in [1.165, 1.54) is 11.6 Å². The molecule has 0 fully saturated rings. The van der Waals surface area contributed by atoms with Crippen molar-refractivity contribution >= 4 is 50.7 Å². The Kier molecular flexibility index (Phi) is 7.95. The van der Waals surface area contributed by atoms with E-state index in [0.717, 1.165) is 23.0 Å². The Morgan fingerprint density at radius 1 is 0.952 bits per heavy atom. The van der Waals surface area contributed by atoms with Crippen LogP contribution < -0.4 is 11.1 Å². The van der Waals surface area contributed by atoms with Gasteiger partial charge in [-0.05, 0) is 53.5 Å². The second kappa shape index (κ2) is 11.6. The molecule has 0 unspecified atom stereocenters. The molecule has 0 atom stereocenters. The Hall–Kier alpha value is -4.76. The molecule has 3 N–H and O–H groups in total. The Bertz CT molecular complexity index is 1790. The molecule has 212 valence electrons. The van der Waals surface area contributed by atoms with Crippen molar-refractivity contribution in [3.63, 3.8) is 0 Å². The molecule has 0 saturated heterocycles. The van der Waals surface area contributed by atoms with Crippen LogP contribution in [0.1, 0.15) is 56.5 Å². The summed E-state index contributed by atoms with van der Waals surface area (Å²) in [5, 5.41) is 2.35. The van der Waals surface area contributed by atoms with E-state index in [2.05, 4.69) is 24.1 Å². The average Bonchev–Trinajstić information content (AvgIpc) is 3.32. The average molecular weight is 586 g/mol. The number of halogens is 3. The van der Waals surface area contributed by atoms with Crippen LogP contribution in [0.25, 0.3) is 27.6 Å². The summed E-state index contributed by atoms with van der Waals surface area (Å²) in [6, 6.07) is 23.6. The fourth-order valence-corrected chi connectivity index (χ4v) is 5.45. The molecule has 2 heterocycles. The monoisotopic (exact) mass is 585 g/mol. The van der Waals surface area contributed by atoms with Crippen LogP contribution in [0.15, 0.2) is 91.0 Å². The molecule has 0 bridgehead atoms. The number of thiophene rings is 1. The SMILES string of the molecule is CC(C)c1ccc(/C=C/C(=O)c2ccc(NC(=O)c3sc4nc(-c5ccccc5)cc(C(F)(F)F)c4c3N)cc2)cc1. The summed E-state index contributed by atoms with van der Waals surface area (Å²) in [6.07, 6.45) is -1.49. The van der Waals surface area contributed by atoms with Gasteiger partial charge in [0.1, 0.15) is 9.71 Å². The number of pyridine rings is 1. The molecular formula is C33H26F3N3O2S. The molecule has 0 spiro atoms. The summed E-state index contributed by atoms with van der Waals surface area (Å²) in [5.74, 6) is -0.469. The van der Waals surface area contributed by atoms with E-state index in [-0.39, 0.29) is 32.3 Å². The lowest BCUT2D eigenvalue weighted by Crippen LogP contribution is -2.12. The maximum Gasteiger partial charge on any atom is 0.417 e. The maximum atomic E-state index is 14.0. The van der Waals surface area contributed by atoms with Gasteiger partial charge in [-0.25, -0.2) is 4.98 Å². The van der Waals surface area contributed by atoms with Crippen molar-refractivity contribution in [3.05, 3.63) is 118 Å². The Balaban J connectivity index is 1.35. The topological polar surface area (TPSA) is 85.1 Å². The van der Waals surface area contributed by atoms with Gasteiger partial charge in [-0.2, -0.15) is 13.2 Å². The number of nitrogens with zero attached hydrogens (tertiary/aromatic N) is 1. The Morgan fingerprint density at radius 3 is 2.24 bits per heavy atom. The van der Waals surface area contributed by atoms with Crippen LogP contribution in [-0.2, 0) is 6.18 Å². The fourth-order valence-electron chi connectivity index (χ4n) is 4.44. The largest absolute Gasteiger partial charge is 0.417 e. The third kappa shape index (κ3) is 6.11.